The van der Waals surface area contributed by atoms with Crippen molar-refractivity contribution in [1.82, 2.24) is 4.72 Å². The third-order valence-electron chi connectivity index (χ3n) is 2.35. The Balaban J connectivity index is 3.02. The molecule has 0 fully saturated rings. The first-order chi connectivity index (χ1) is 8.40. The summed E-state index contributed by atoms with van der Waals surface area (Å²) in [6.07, 6.45) is 0. The first-order valence-corrected chi connectivity index (χ1v) is 7.56. The van der Waals surface area contributed by atoms with Crippen LogP contribution in [0.5, 0.6) is 0 Å². The number of benzene rings is 1. The summed E-state index contributed by atoms with van der Waals surface area (Å²) in [5.41, 5.74) is 0.639. The van der Waals surface area contributed by atoms with E-state index in [1.54, 1.807) is 19.1 Å². The van der Waals surface area contributed by atoms with Crippen LogP contribution in [-0.2, 0) is 14.8 Å². The van der Waals surface area contributed by atoms with Crippen molar-refractivity contribution in [2.24, 2.45) is 0 Å². The Morgan fingerprint density at radius 1 is 1.50 bits per heavy atom. The Morgan fingerprint density at radius 2 is 2.17 bits per heavy atom. The van der Waals surface area contributed by atoms with Gasteiger partial charge in [-0.3, -0.25) is 0 Å². The van der Waals surface area contributed by atoms with Gasteiger partial charge in [-0.05, 0) is 24.6 Å². The molecule has 0 saturated heterocycles. The van der Waals surface area contributed by atoms with Crippen LogP contribution in [0.15, 0.2) is 27.6 Å². The average molecular weight is 338 g/mol. The highest BCUT2D eigenvalue weighted by atomic mass is 79.9. The molecule has 0 aliphatic carbocycles. The summed E-state index contributed by atoms with van der Waals surface area (Å²) in [5, 5.41) is 9.08. The summed E-state index contributed by atoms with van der Waals surface area (Å²) < 4.78 is 32.2. The van der Waals surface area contributed by atoms with E-state index in [0.717, 1.165) is 0 Å². The third-order valence-corrected chi connectivity index (χ3v) is 4.51. The van der Waals surface area contributed by atoms with Crippen molar-refractivity contribution in [2.75, 3.05) is 20.3 Å². The second-order valence-electron chi connectivity index (χ2n) is 3.87. The van der Waals surface area contributed by atoms with Crippen LogP contribution in [0, 0.1) is 6.92 Å². The topological polar surface area (TPSA) is 75.6 Å². The van der Waals surface area contributed by atoms with Gasteiger partial charge in [-0.15, -0.1) is 0 Å². The van der Waals surface area contributed by atoms with Gasteiger partial charge in [0.1, 0.15) is 0 Å². The van der Waals surface area contributed by atoms with Gasteiger partial charge in [0, 0.05) is 11.6 Å². The monoisotopic (exact) mass is 337 g/mol. The molecule has 5 nitrogen and oxygen atoms in total. The number of sulfonamides is 1. The summed E-state index contributed by atoms with van der Waals surface area (Å²) in [6, 6.07) is 4.35. The Morgan fingerprint density at radius 3 is 2.72 bits per heavy atom. The predicted molar refractivity (Wildman–Crippen MR) is 72.0 cm³/mol. The van der Waals surface area contributed by atoms with Crippen LogP contribution in [-0.4, -0.2) is 39.9 Å². The third kappa shape index (κ3) is 4.03. The van der Waals surface area contributed by atoms with E-state index in [1.165, 1.54) is 13.2 Å². The molecule has 2 N–H and O–H groups in total. The standard InChI is InChI=1S/C11H16BrNO4S/c1-8-3-4-9(12)5-11(8)18(15,16)13-10(6-14)7-17-2/h3-5,10,13-14H,6-7H2,1-2H3. The van der Waals surface area contributed by atoms with Crippen LogP contribution < -0.4 is 4.72 Å². The van der Waals surface area contributed by atoms with E-state index in [-0.39, 0.29) is 18.1 Å². The minimum atomic E-state index is -3.67. The molecule has 0 saturated carbocycles. The number of halogens is 1. The maximum atomic E-state index is 12.2. The van der Waals surface area contributed by atoms with E-state index >= 15 is 0 Å². The maximum absolute atomic E-state index is 12.2. The quantitative estimate of drug-likeness (QED) is 0.813. The molecular formula is C11H16BrNO4S. The fourth-order valence-electron chi connectivity index (χ4n) is 1.47. The van der Waals surface area contributed by atoms with E-state index in [4.69, 9.17) is 9.84 Å². The van der Waals surface area contributed by atoms with Crippen LogP contribution in [0.4, 0.5) is 0 Å². The summed E-state index contributed by atoms with van der Waals surface area (Å²) in [6.45, 7) is 1.51. The second-order valence-corrected chi connectivity index (χ2v) is 6.46. The smallest absolute Gasteiger partial charge is 0.241 e. The zero-order chi connectivity index (χ0) is 13.8. The molecule has 0 heterocycles. The summed E-state index contributed by atoms with van der Waals surface area (Å²) in [7, 11) is -2.22. The molecule has 1 unspecified atom stereocenters. The summed E-state index contributed by atoms with van der Waals surface area (Å²) >= 11 is 3.24. The lowest BCUT2D eigenvalue weighted by Gasteiger charge is -2.16. The van der Waals surface area contributed by atoms with Crippen molar-refractivity contribution >= 4 is 26.0 Å². The molecule has 1 aromatic rings. The van der Waals surface area contributed by atoms with Crippen molar-refractivity contribution in [3.63, 3.8) is 0 Å². The highest BCUT2D eigenvalue weighted by Crippen LogP contribution is 2.20. The van der Waals surface area contributed by atoms with Gasteiger partial charge < -0.3 is 9.84 Å². The van der Waals surface area contributed by atoms with E-state index < -0.39 is 16.1 Å². The van der Waals surface area contributed by atoms with Gasteiger partial charge in [-0.1, -0.05) is 22.0 Å². The molecule has 1 aromatic carbocycles. The number of rotatable bonds is 6. The second kappa shape index (κ2) is 6.63. The zero-order valence-electron chi connectivity index (χ0n) is 10.2. The molecule has 0 aromatic heterocycles. The molecular weight excluding hydrogens is 322 g/mol. The SMILES string of the molecule is COCC(CO)NS(=O)(=O)c1cc(Br)ccc1C. The Kier molecular flexibility index (Phi) is 5.74. The van der Waals surface area contributed by atoms with Crippen LogP contribution in [0.2, 0.25) is 0 Å². The number of aliphatic hydroxyl groups excluding tert-OH is 1. The molecule has 7 heteroatoms. The van der Waals surface area contributed by atoms with Gasteiger partial charge >= 0.3 is 0 Å². The molecule has 1 rings (SSSR count). The molecule has 0 aliphatic heterocycles. The van der Waals surface area contributed by atoms with Crippen LogP contribution in [0.25, 0.3) is 0 Å². The number of nitrogens with one attached hydrogen (secondary N) is 1. The van der Waals surface area contributed by atoms with Crippen molar-refractivity contribution in [3.8, 4) is 0 Å². The van der Waals surface area contributed by atoms with E-state index in [1.807, 2.05) is 0 Å². The first kappa shape index (κ1) is 15.6. The Labute approximate surface area is 115 Å². The highest BCUT2D eigenvalue weighted by molar-refractivity contribution is 9.10. The van der Waals surface area contributed by atoms with E-state index in [0.29, 0.717) is 10.0 Å². The minimum Gasteiger partial charge on any atom is -0.395 e. The van der Waals surface area contributed by atoms with Crippen molar-refractivity contribution in [2.45, 2.75) is 17.9 Å². The predicted octanol–water partition coefficient (Wildman–Crippen LogP) is 1.04. The van der Waals surface area contributed by atoms with Crippen molar-refractivity contribution in [3.05, 3.63) is 28.2 Å². The van der Waals surface area contributed by atoms with E-state index in [2.05, 4.69) is 20.7 Å². The first-order valence-electron chi connectivity index (χ1n) is 5.29. The number of ether oxygens (including phenoxy) is 1. The highest BCUT2D eigenvalue weighted by Gasteiger charge is 2.21. The lowest BCUT2D eigenvalue weighted by molar-refractivity contribution is 0.139. The number of hydrogen-bond acceptors (Lipinski definition) is 4. The van der Waals surface area contributed by atoms with Gasteiger partial charge in [0.2, 0.25) is 10.0 Å². The molecule has 0 radical (unpaired) electrons. The molecule has 0 amide bonds. The fourth-order valence-corrected chi connectivity index (χ4v) is 3.47. The summed E-state index contributed by atoms with van der Waals surface area (Å²) in [5.74, 6) is 0. The normalized spacial score (nSPS) is 13.6. The fraction of sp³-hybridized carbons (Fsp3) is 0.455. The number of hydrogen-bond donors (Lipinski definition) is 2. The lowest BCUT2D eigenvalue weighted by Crippen LogP contribution is -2.40. The average Bonchev–Trinajstić information content (AvgIpc) is 2.31. The molecule has 0 spiro atoms. The molecule has 102 valence electrons. The molecule has 18 heavy (non-hydrogen) atoms. The Bertz CT molecular complexity index is 504. The number of methoxy groups -OCH3 is 1. The largest absolute Gasteiger partial charge is 0.395 e. The summed E-state index contributed by atoms with van der Waals surface area (Å²) in [4.78, 5) is 0.187. The van der Waals surface area contributed by atoms with Gasteiger partial charge in [-0.25, -0.2) is 13.1 Å². The number of aliphatic hydroxyl groups is 1. The van der Waals surface area contributed by atoms with Crippen LogP contribution >= 0.6 is 15.9 Å². The van der Waals surface area contributed by atoms with Crippen LogP contribution in [0.3, 0.4) is 0 Å². The Hall–Kier alpha value is -0.470. The number of aryl methyl sites for hydroxylation is 1. The minimum absolute atomic E-state index is 0.114. The van der Waals surface area contributed by atoms with Gasteiger partial charge in [0.25, 0.3) is 0 Å². The van der Waals surface area contributed by atoms with E-state index in [9.17, 15) is 8.42 Å². The van der Waals surface area contributed by atoms with Crippen LogP contribution in [0.1, 0.15) is 5.56 Å². The molecule has 0 bridgehead atoms. The van der Waals surface area contributed by atoms with Gasteiger partial charge in [0.15, 0.2) is 0 Å². The van der Waals surface area contributed by atoms with Gasteiger partial charge in [-0.2, -0.15) is 0 Å². The van der Waals surface area contributed by atoms with Crippen molar-refractivity contribution in [1.29, 1.82) is 0 Å². The van der Waals surface area contributed by atoms with Crippen molar-refractivity contribution < 1.29 is 18.3 Å². The molecule has 0 aliphatic rings. The lowest BCUT2D eigenvalue weighted by atomic mass is 10.2. The zero-order valence-corrected chi connectivity index (χ0v) is 12.6. The van der Waals surface area contributed by atoms with Gasteiger partial charge in [0.05, 0.1) is 24.2 Å². The molecule has 1 atom stereocenters. The maximum Gasteiger partial charge on any atom is 0.241 e.